The molecule has 0 saturated heterocycles. The molecule has 0 aliphatic heterocycles. The third-order valence-electron chi connectivity index (χ3n) is 3.56. The van der Waals surface area contributed by atoms with E-state index in [9.17, 15) is 27.2 Å². The summed E-state index contributed by atoms with van der Waals surface area (Å²) >= 11 is 0. The topological polar surface area (TPSA) is 63.6 Å². The lowest BCUT2D eigenvalue weighted by Gasteiger charge is -2.08. The molecule has 3 rings (SSSR count). The van der Waals surface area contributed by atoms with Crippen LogP contribution in [0.2, 0.25) is 0 Å². The minimum absolute atomic E-state index is 0.0583. The predicted molar refractivity (Wildman–Crippen MR) is 95.9 cm³/mol. The van der Waals surface area contributed by atoms with Crippen molar-refractivity contribution in [2.45, 2.75) is 6.61 Å². The predicted octanol–water partition coefficient (Wildman–Crippen LogP) is 4.84. The summed E-state index contributed by atoms with van der Waals surface area (Å²) in [6.45, 7) is 0.0646. The van der Waals surface area contributed by atoms with Gasteiger partial charge in [-0.3, -0.25) is 9.59 Å². The molecule has 8 heteroatoms. The first-order valence-electron chi connectivity index (χ1n) is 8.09. The van der Waals surface area contributed by atoms with E-state index in [1.165, 1.54) is 0 Å². The summed E-state index contributed by atoms with van der Waals surface area (Å²) < 4.78 is 56.8. The number of benzene rings is 3. The van der Waals surface area contributed by atoms with E-state index in [-0.39, 0.29) is 17.7 Å². The van der Waals surface area contributed by atoms with Gasteiger partial charge >= 0.3 is 0 Å². The maximum absolute atomic E-state index is 13.5. The number of aldehydes is 2. The maximum Gasteiger partial charge on any atom is 0.191 e. The molecule has 0 aliphatic rings. The number of hydrogen-bond acceptors (Lipinski definition) is 4. The van der Waals surface area contributed by atoms with Gasteiger partial charge in [-0.05, 0) is 29.8 Å². The summed E-state index contributed by atoms with van der Waals surface area (Å²) in [5.41, 5.74) is 0.602. The summed E-state index contributed by atoms with van der Waals surface area (Å²) in [6.07, 6.45) is 0.679. The van der Waals surface area contributed by atoms with Crippen LogP contribution in [0.3, 0.4) is 0 Å². The van der Waals surface area contributed by atoms with Crippen LogP contribution in [0.1, 0.15) is 26.3 Å². The standard InChI is InChI=1S/C14H10F2O2.C7H4F2O2/c15-12-6-11(8-17)7-13(16)14(12)18-9-10-4-2-1-3-5-10;8-5-1-4(3-10)2-6(9)7(5)11/h1-8H,9H2;1-3,11H. The molecule has 0 unspecified atom stereocenters. The van der Waals surface area contributed by atoms with E-state index in [1.807, 2.05) is 6.07 Å². The van der Waals surface area contributed by atoms with Crippen molar-refractivity contribution < 1.29 is 37.0 Å². The van der Waals surface area contributed by atoms with Crippen molar-refractivity contribution in [1.82, 2.24) is 0 Å². The van der Waals surface area contributed by atoms with Crippen LogP contribution in [0.25, 0.3) is 0 Å². The molecule has 0 radical (unpaired) electrons. The summed E-state index contributed by atoms with van der Waals surface area (Å²) in [5.74, 6) is -5.56. The molecule has 0 amide bonds. The van der Waals surface area contributed by atoms with E-state index in [1.54, 1.807) is 24.3 Å². The fraction of sp³-hybridized carbons (Fsp3) is 0.0476. The lowest BCUT2D eigenvalue weighted by Crippen LogP contribution is -2.00. The third-order valence-corrected chi connectivity index (χ3v) is 3.56. The van der Waals surface area contributed by atoms with E-state index in [2.05, 4.69) is 0 Å². The third kappa shape index (κ3) is 5.90. The van der Waals surface area contributed by atoms with Gasteiger partial charge in [0.1, 0.15) is 19.2 Å². The Hall–Kier alpha value is -3.68. The van der Waals surface area contributed by atoms with Gasteiger partial charge in [-0.1, -0.05) is 30.3 Å². The molecule has 3 aromatic carbocycles. The Labute approximate surface area is 163 Å². The van der Waals surface area contributed by atoms with Crippen LogP contribution in [0, 0.1) is 23.3 Å². The fourth-order valence-corrected chi connectivity index (χ4v) is 2.17. The molecule has 1 N–H and O–H groups in total. The van der Waals surface area contributed by atoms with Crippen LogP contribution in [0.5, 0.6) is 11.5 Å². The van der Waals surface area contributed by atoms with Gasteiger partial charge in [0.15, 0.2) is 34.8 Å². The van der Waals surface area contributed by atoms with Gasteiger partial charge in [-0.2, -0.15) is 0 Å². The molecule has 0 spiro atoms. The number of halogens is 4. The molecule has 0 atom stereocenters. The zero-order valence-electron chi connectivity index (χ0n) is 14.7. The Balaban J connectivity index is 0.000000234. The molecule has 3 aromatic rings. The number of rotatable bonds is 5. The fourth-order valence-electron chi connectivity index (χ4n) is 2.17. The summed E-state index contributed by atoms with van der Waals surface area (Å²) in [4.78, 5) is 20.4. The van der Waals surface area contributed by atoms with Crippen LogP contribution >= 0.6 is 0 Å². The average Bonchev–Trinajstić information content (AvgIpc) is 2.72. The van der Waals surface area contributed by atoms with Gasteiger partial charge in [0.2, 0.25) is 0 Å². The molecule has 0 fully saturated rings. The number of aromatic hydroxyl groups is 1. The average molecular weight is 406 g/mol. The summed E-state index contributed by atoms with van der Waals surface area (Å²) in [6, 6.07) is 12.4. The Bertz CT molecular complexity index is 961. The molecular weight excluding hydrogens is 392 g/mol. The lowest BCUT2D eigenvalue weighted by atomic mass is 10.2. The van der Waals surface area contributed by atoms with Gasteiger partial charge in [0.05, 0.1) is 0 Å². The number of hydrogen-bond donors (Lipinski definition) is 1. The summed E-state index contributed by atoms with van der Waals surface area (Å²) in [7, 11) is 0. The first-order valence-corrected chi connectivity index (χ1v) is 8.09. The highest BCUT2D eigenvalue weighted by atomic mass is 19.1. The quantitative estimate of drug-likeness (QED) is 0.487. The molecule has 0 bridgehead atoms. The number of phenols is 1. The van der Waals surface area contributed by atoms with Crippen molar-refractivity contribution in [3.05, 3.63) is 94.6 Å². The Morgan fingerprint density at radius 2 is 1.21 bits per heavy atom. The largest absolute Gasteiger partial charge is 0.503 e. The van der Waals surface area contributed by atoms with Crippen LogP contribution in [-0.2, 0) is 6.61 Å². The second kappa shape index (κ2) is 10.0. The van der Waals surface area contributed by atoms with E-state index in [4.69, 9.17) is 9.84 Å². The Morgan fingerprint density at radius 1 is 0.759 bits per heavy atom. The smallest absolute Gasteiger partial charge is 0.191 e. The lowest BCUT2D eigenvalue weighted by molar-refractivity contribution is 0.111. The number of ether oxygens (including phenoxy) is 1. The highest BCUT2D eigenvalue weighted by Gasteiger charge is 2.12. The van der Waals surface area contributed by atoms with E-state index < -0.39 is 34.8 Å². The van der Waals surface area contributed by atoms with Gasteiger partial charge < -0.3 is 9.84 Å². The molecule has 4 nitrogen and oxygen atoms in total. The van der Waals surface area contributed by atoms with Crippen LogP contribution in [-0.4, -0.2) is 17.7 Å². The van der Waals surface area contributed by atoms with Gasteiger partial charge in [-0.25, -0.2) is 17.6 Å². The SMILES string of the molecule is O=Cc1cc(F)c(O)c(F)c1.O=Cc1cc(F)c(OCc2ccccc2)c(F)c1. The summed E-state index contributed by atoms with van der Waals surface area (Å²) in [5, 5.41) is 8.56. The molecule has 0 heterocycles. The normalized spacial score (nSPS) is 9.93. The Morgan fingerprint density at radius 3 is 1.66 bits per heavy atom. The molecular formula is C21H14F4O4. The van der Waals surface area contributed by atoms with Gasteiger partial charge in [0, 0.05) is 11.1 Å². The second-order valence-corrected chi connectivity index (χ2v) is 5.66. The number of carbonyl (C=O) groups excluding carboxylic acids is 2. The second-order valence-electron chi connectivity index (χ2n) is 5.66. The molecule has 0 saturated carbocycles. The van der Waals surface area contributed by atoms with E-state index in [0.717, 1.165) is 29.8 Å². The zero-order chi connectivity index (χ0) is 21.4. The van der Waals surface area contributed by atoms with Crippen molar-refractivity contribution in [3.8, 4) is 11.5 Å². The van der Waals surface area contributed by atoms with Crippen molar-refractivity contribution >= 4 is 12.6 Å². The monoisotopic (exact) mass is 406 g/mol. The minimum Gasteiger partial charge on any atom is -0.503 e. The zero-order valence-corrected chi connectivity index (χ0v) is 14.7. The van der Waals surface area contributed by atoms with Crippen LogP contribution in [0.15, 0.2) is 54.6 Å². The van der Waals surface area contributed by atoms with Crippen molar-refractivity contribution in [2.75, 3.05) is 0 Å². The van der Waals surface area contributed by atoms with Crippen molar-refractivity contribution in [1.29, 1.82) is 0 Å². The van der Waals surface area contributed by atoms with Crippen LogP contribution in [0.4, 0.5) is 17.6 Å². The maximum atomic E-state index is 13.5. The van der Waals surface area contributed by atoms with Crippen LogP contribution < -0.4 is 4.74 Å². The minimum atomic E-state index is -1.13. The van der Waals surface area contributed by atoms with E-state index in [0.29, 0.717) is 12.6 Å². The van der Waals surface area contributed by atoms with Crippen molar-refractivity contribution in [3.63, 3.8) is 0 Å². The van der Waals surface area contributed by atoms with E-state index >= 15 is 0 Å². The molecule has 0 aromatic heterocycles. The molecule has 29 heavy (non-hydrogen) atoms. The number of carbonyl (C=O) groups is 2. The van der Waals surface area contributed by atoms with Gasteiger partial charge in [0.25, 0.3) is 0 Å². The molecule has 0 aliphatic carbocycles. The van der Waals surface area contributed by atoms with Gasteiger partial charge in [-0.15, -0.1) is 0 Å². The Kier molecular flexibility index (Phi) is 7.47. The highest BCUT2D eigenvalue weighted by Crippen LogP contribution is 2.24. The van der Waals surface area contributed by atoms with Crippen molar-refractivity contribution in [2.24, 2.45) is 0 Å². The molecule has 150 valence electrons. The first-order chi connectivity index (χ1) is 13.8. The first kappa shape index (κ1) is 21.6. The highest BCUT2D eigenvalue weighted by molar-refractivity contribution is 5.75. The number of phenolic OH excluding ortho intramolecular Hbond substituents is 1.